The van der Waals surface area contributed by atoms with Gasteiger partial charge in [-0.2, -0.15) is 0 Å². The molecule has 1 atom stereocenters. The third-order valence-electron chi connectivity index (χ3n) is 3.06. The summed E-state index contributed by atoms with van der Waals surface area (Å²) in [6, 6.07) is 0.523. The third kappa shape index (κ3) is 4.30. The molecule has 106 valence electrons. The molecule has 0 bridgehead atoms. The summed E-state index contributed by atoms with van der Waals surface area (Å²) >= 11 is 1.68. The molecule has 2 aromatic heterocycles. The monoisotopic (exact) mass is 280 g/mol. The molecule has 5 heteroatoms. The minimum Gasteiger partial charge on any atom is -0.308 e. The number of likely N-dealkylation sites (N-methyl/N-ethyl adjacent to an activating group) is 1. The van der Waals surface area contributed by atoms with E-state index in [1.807, 2.05) is 0 Å². The van der Waals surface area contributed by atoms with Gasteiger partial charge in [-0.3, -0.25) is 4.40 Å². The Labute approximate surface area is 119 Å². The van der Waals surface area contributed by atoms with E-state index in [4.69, 9.17) is 0 Å². The lowest BCUT2D eigenvalue weighted by Gasteiger charge is -2.23. The Morgan fingerprint density at radius 2 is 2.21 bits per heavy atom. The molecule has 0 aliphatic carbocycles. The first-order valence-electron chi connectivity index (χ1n) is 6.83. The Kier molecular flexibility index (Phi) is 4.96. The van der Waals surface area contributed by atoms with Crippen molar-refractivity contribution in [1.29, 1.82) is 0 Å². The quantitative estimate of drug-likeness (QED) is 0.845. The molecule has 0 saturated carbocycles. The first kappa shape index (κ1) is 14.5. The first-order valence-corrected chi connectivity index (χ1v) is 7.71. The molecule has 0 aliphatic heterocycles. The third-order valence-corrected chi connectivity index (χ3v) is 3.83. The van der Waals surface area contributed by atoms with Crippen LogP contribution in [0, 0.1) is 5.92 Å². The van der Waals surface area contributed by atoms with Gasteiger partial charge in [-0.15, -0.1) is 11.3 Å². The van der Waals surface area contributed by atoms with Crippen molar-refractivity contribution < 1.29 is 0 Å². The zero-order valence-electron chi connectivity index (χ0n) is 12.3. The van der Waals surface area contributed by atoms with Crippen molar-refractivity contribution in [2.24, 2.45) is 5.92 Å². The number of nitrogens with zero attached hydrogens (tertiary/aromatic N) is 3. The lowest BCUT2D eigenvalue weighted by atomic mass is 10.0. The van der Waals surface area contributed by atoms with Crippen molar-refractivity contribution in [2.75, 3.05) is 20.6 Å². The zero-order chi connectivity index (χ0) is 13.8. The maximum absolute atomic E-state index is 4.61. The molecule has 4 nitrogen and oxygen atoms in total. The summed E-state index contributed by atoms with van der Waals surface area (Å²) in [5.74, 6) is 0.711. The second-order valence-corrected chi connectivity index (χ2v) is 6.67. The average molecular weight is 280 g/mol. The summed E-state index contributed by atoms with van der Waals surface area (Å²) in [5.41, 5.74) is 1.12. The van der Waals surface area contributed by atoms with Crippen LogP contribution in [0.5, 0.6) is 0 Å². The van der Waals surface area contributed by atoms with Gasteiger partial charge in [0.25, 0.3) is 0 Å². The van der Waals surface area contributed by atoms with E-state index in [-0.39, 0.29) is 0 Å². The van der Waals surface area contributed by atoms with Gasteiger partial charge in [-0.05, 0) is 26.4 Å². The van der Waals surface area contributed by atoms with E-state index in [1.54, 1.807) is 11.3 Å². The second-order valence-electron chi connectivity index (χ2n) is 5.79. The fraction of sp³-hybridized carbons (Fsp3) is 0.643. The molecule has 2 heterocycles. The lowest BCUT2D eigenvalue weighted by Crippen LogP contribution is -2.38. The first-order chi connectivity index (χ1) is 9.04. The number of rotatable bonds is 7. The molecule has 2 aromatic rings. The van der Waals surface area contributed by atoms with Gasteiger partial charge in [-0.1, -0.05) is 13.8 Å². The summed E-state index contributed by atoms with van der Waals surface area (Å²) in [7, 11) is 4.25. The standard InChI is InChI=1S/C14H24N4S/c1-11(2)7-12(9-17(3)4)15-8-13-10-18-5-6-19-14(18)16-13/h5-6,10-12,15H,7-9H2,1-4H3. The fourth-order valence-corrected chi connectivity index (χ4v) is 3.06. The van der Waals surface area contributed by atoms with Gasteiger partial charge in [0.05, 0.1) is 5.69 Å². The van der Waals surface area contributed by atoms with Crippen LogP contribution in [-0.4, -0.2) is 41.0 Å². The second kappa shape index (κ2) is 6.50. The van der Waals surface area contributed by atoms with E-state index in [2.05, 4.69) is 65.3 Å². The van der Waals surface area contributed by atoms with Crippen molar-refractivity contribution in [1.82, 2.24) is 19.6 Å². The molecule has 0 fully saturated rings. The Morgan fingerprint density at radius 1 is 1.42 bits per heavy atom. The van der Waals surface area contributed by atoms with Crippen LogP contribution < -0.4 is 5.32 Å². The molecule has 0 radical (unpaired) electrons. The van der Waals surface area contributed by atoms with Gasteiger partial charge in [0.15, 0.2) is 4.96 Å². The Morgan fingerprint density at radius 3 is 2.84 bits per heavy atom. The number of hydrogen-bond acceptors (Lipinski definition) is 4. The van der Waals surface area contributed by atoms with Crippen molar-refractivity contribution in [3.05, 3.63) is 23.5 Å². The SMILES string of the molecule is CC(C)CC(CN(C)C)NCc1cn2ccsc2n1. The highest BCUT2D eigenvalue weighted by Crippen LogP contribution is 2.12. The summed E-state index contributed by atoms with van der Waals surface area (Å²) in [6.07, 6.45) is 5.36. The molecule has 0 aliphatic rings. The average Bonchev–Trinajstić information content (AvgIpc) is 2.83. The maximum atomic E-state index is 4.61. The zero-order valence-corrected chi connectivity index (χ0v) is 13.1. The number of imidazole rings is 1. The van der Waals surface area contributed by atoms with Gasteiger partial charge in [0, 0.05) is 36.9 Å². The van der Waals surface area contributed by atoms with Crippen LogP contribution in [0.15, 0.2) is 17.8 Å². The Hall–Kier alpha value is -0.910. The van der Waals surface area contributed by atoms with Gasteiger partial charge >= 0.3 is 0 Å². The van der Waals surface area contributed by atoms with Crippen LogP contribution >= 0.6 is 11.3 Å². The molecular formula is C14H24N4S. The Balaban J connectivity index is 1.91. The van der Waals surface area contributed by atoms with Crippen molar-refractivity contribution in [2.45, 2.75) is 32.9 Å². The van der Waals surface area contributed by atoms with Crippen LogP contribution in [0.2, 0.25) is 0 Å². The highest BCUT2D eigenvalue weighted by Gasteiger charge is 2.12. The number of thiazole rings is 1. The van der Waals surface area contributed by atoms with Gasteiger partial charge in [-0.25, -0.2) is 4.98 Å². The number of hydrogen-bond donors (Lipinski definition) is 1. The van der Waals surface area contributed by atoms with E-state index in [0.29, 0.717) is 12.0 Å². The molecule has 19 heavy (non-hydrogen) atoms. The molecule has 0 spiro atoms. The highest BCUT2D eigenvalue weighted by molar-refractivity contribution is 7.15. The van der Waals surface area contributed by atoms with Crippen molar-refractivity contribution >= 4 is 16.3 Å². The van der Waals surface area contributed by atoms with Gasteiger partial charge < -0.3 is 10.2 Å². The predicted octanol–water partition coefficient (Wildman–Crippen LogP) is 2.46. The largest absolute Gasteiger partial charge is 0.308 e. The molecule has 1 unspecified atom stereocenters. The van der Waals surface area contributed by atoms with Crippen molar-refractivity contribution in [3.63, 3.8) is 0 Å². The van der Waals surface area contributed by atoms with E-state index in [1.165, 1.54) is 6.42 Å². The lowest BCUT2D eigenvalue weighted by molar-refractivity contribution is 0.304. The highest BCUT2D eigenvalue weighted by atomic mass is 32.1. The van der Waals surface area contributed by atoms with Crippen LogP contribution in [0.25, 0.3) is 4.96 Å². The fourth-order valence-electron chi connectivity index (χ4n) is 2.34. The molecule has 0 saturated heterocycles. The van der Waals surface area contributed by atoms with Gasteiger partial charge in [0.2, 0.25) is 0 Å². The Bertz CT molecular complexity index is 462. The van der Waals surface area contributed by atoms with Gasteiger partial charge in [0.1, 0.15) is 0 Å². The molecule has 0 aromatic carbocycles. The molecule has 0 amide bonds. The number of fused-ring (bicyclic) bond motifs is 1. The van der Waals surface area contributed by atoms with Crippen LogP contribution in [0.4, 0.5) is 0 Å². The summed E-state index contributed by atoms with van der Waals surface area (Å²) in [5, 5.41) is 5.70. The predicted molar refractivity (Wildman–Crippen MR) is 81.7 cm³/mol. The molecular weight excluding hydrogens is 256 g/mol. The topological polar surface area (TPSA) is 32.6 Å². The summed E-state index contributed by atoms with van der Waals surface area (Å²) in [4.78, 5) is 7.92. The van der Waals surface area contributed by atoms with E-state index in [9.17, 15) is 0 Å². The van der Waals surface area contributed by atoms with E-state index >= 15 is 0 Å². The minimum absolute atomic E-state index is 0.523. The number of nitrogens with one attached hydrogen (secondary N) is 1. The van der Waals surface area contributed by atoms with Crippen molar-refractivity contribution in [3.8, 4) is 0 Å². The van der Waals surface area contributed by atoms with Crippen LogP contribution in [0.3, 0.4) is 0 Å². The summed E-state index contributed by atoms with van der Waals surface area (Å²) < 4.78 is 2.09. The molecule has 1 N–H and O–H groups in total. The smallest absolute Gasteiger partial charge is 0.193 e. The van der Waals surface area contributed by atoms with Crippen LogP contribution in [-0.2, 0) is 6.54 Å². The van der Waals surface area contributed by atoms with Crippen LogP contribution in [0.1, 0.15) is 26.0 Å². The van der Waals surface area contributed by atoms with E-state index < -0.39 is 0 Å². The molecule has 2 rings (SSSR count). The normalized spacial score (nSPS) is 13.8. The number of aromatic nitrogens is 2. The van der Waals surface area contributed by atoms with E-state index in [0.717, 1.165) is 23.7 Å². The summed E-state index contributed by atoms with van der Waals surface area (Å²) in [6.45, 7) is 6.47. The minimum atomic E-state index is 0.523. The maximum Gasteiger partial charge on any atom is 0.193 e.